The molecule has 21 heavy (non-hydrogen) atoms. The molecule has 0 bridgehead atoms. The fourth-order valence-corrected chi connectivity index (χ4v) is 4.35. The highest BCUT2D eigenvalue weighted by Gasteiger charge is 2.54. The van der Waals surface area contributed by atoms with Crippen LogP contribution in [-0.4, -0.2) is 30.1 Å². The summed E-state index contributed by atoms with van der Waals surface area (Å²) in [6.07, 6.45) is 1.85. The molecule has 2 aromatic rings. The van der Waals surface area contributed by atoms with E-state index in [4.69, 9.17) is 4.74 Å². The van der Waals surface area contributed by atoms with Gasteiger partial charge in [0.05, 0.1) is 4.88 Å². The lowest BCUT2D eigenvalue weighted by atomic mass is 9.83. The first-order chi connectivity index (χ1) is 10.1. The fraction of sp³-hybridized carbons (Fsp3) is 0.412. The summed E-state index contributed by atoms with van der Waals surface area (Å²) in [5.74, 6) is -1.29. The van der Waals surface area contributed by atoms with Crippen molar-refractivity contribution in [3.63, 3.8) is 0 Å². The Hall–Kier alpha value is -1.20. The van der Waals surface area contributed by atoms with Crippen molar-refractivity contribution in [3.8, 4) is 0 Å². The van der Waals surface area contributed by atoms with Gasteiger partial charge in [0.1, 0.15) is 5.60 Å². The zero-order valence-electron chi connectivity index (χ0n) is 12.1. The number of thiophene rings is 1. The molecule has 1 atom stereocenters. The molecular formula is C17H19NO2S. The van der Waals surface area contributed by atoms with Gasteiger partial charge < -0.3 is 14.7 Å². The van der Waals surface area contributed by atoms with E-state index in [1.165, 1.54) is 0 Å². The number of likely N-dealkylation sites (tertiary alicyclic amines) is 1. The van der Waals surface area contributed by atoms with Gasteiger partial charge in [0.25, 0.3) is 0 Å². The van der Waals surface area contributed by atoms with Crippen molar-refractivity contribution >= 4 is 11.3 Å². The lowest BCUT2D eigenvalue weighted by molar-refractivity contribution is -0.242. The van der Waals surface area contributed by atoms with Crippen LogP contribution in [0.3, 0.4) is 0 Å². The van der Waals surface area contributed by atoms with E-state index < -0.39 is 5.79 Å². The van der Waals surface area contributed by atoms with E-state index in [1.807, 2.05) is 35.7 Å². The Morgan fingerprint density at radius 2 is 1.81 bits per heavy atom. The molecule has 0 saturated carbocycles. The molecule has 3 nitrogen and oxygen atoms in total. The van der Waals surface area contributed by atoms with E-state index in [-0.39, 0.29) is 5.60 Å². The largest absolute Gasteiger partial charge is 0.357 e. The summed E-state index contributed by atoms with van der Waals surface area (Å²) >= 11 is 1.55. The first kappa shape index (κ1) is 13.5. The van der Waals surface area contributed by atoms with Crippen LogP contribution in [0.25, 0.3) is 0 Å². The predicted molar refractivity (Wildman–Crippen MR) is 83.3 cm³/mol. The normalized spacial score (nSPS) is 27.9. The van der Waals surface area contributed by atoms with Gasteiger partial charge in [0.15, 0.2) is 0 Å². The molecule has 2 aliphatic rings. The monoisotopic (exact) mass is 301 g/mol. The average Bonchev–Trinajstić information content (AvgIpc) is 3.11. The van der Waals surface area contributed by atoms with E-state index in [0.29, 0.717) is 0 Å². The van der Waals surface area contributed by atoms with Crippen molar-refractivity contribution in [1.82, 2.24) is 4.90 Å². The van der Waals surface area contributed by atoms with Crippen molar-refractivity contribution in [2.45, 2.75) is 24.2 Å². The molecule has 0 aliphatic carbocycles. The summed E-state index contributed by atoms with van der Waals surface area (Å²) in [5, 5.41) is 13.2. The molecule has 3 heterocycles. The molecule has 4 heteroatoms. The molecule has 2 aliphatic heterocycles. The molecule has 1 saturated heterocycles. The van der Waals surface area contributed by atoms with Gasteiger partial charge in [0.2, 0.25) is 5.79 Å². The van der Waals surface area contributed by atoms with Gasteiger partial charge in [-0.15, -0.1) is 11.3 Å². The van der Waals surface area contributed by atoms with Gasteiger partial charge in [-0.25, -0.2) is 0 Å². The van der Waals surface area contributed by atoms with E-state index in [2.05, 4.69) is 18.0 Å². The van der Waals surface area contributed by atoms with Crippen LogP contribution in [0.5, 0.6) is 0 Å². The maximum Gasteiger partial charge on any atom is 0.230 e. The van der Waals surface area contributed by atoms with Crippen LogP contribution in [0.15, 0.2) is 41.8 Å². The Balaban J connectivity index is 1.84. The van der Waals surface area contributed by atoms with Gasteiger partial charge in [-0.05, 0) is 36.9 Å². The second-order valence-electron chi connectivity index (χ2n) is 6.07. The smallest absolute Gasteiger partial charge is 0.230 e. The summed E-state index contributed by atoms with van der Waals surface area (Å²) in [5.41, 5.74) is 1.73. The third-order valence-electron chi connectivity index (χ3n) is 4.78. The molecule has 1 N–H and O–H groups in total. The Kier molecular flexibility index (Phi) is 2.98. The lowest BCUT2D eigenvalue weighted by Crippen LogP contribution is -2.42. The van der Waals surface area contributed by atoms with Crippen LogP contribution in [0.2, 0.25) is 0 Å². The van der Waals surface area contributed by atoms with Crippen molar-refractivity contribution in [3.05, 3.63) is 57.8 Å². The standard InChI is InChI=1S/C17H19NO2S/c1-18-10-8-16(9-11-18)13-5-2-3-6-14(13)17(19,20-16)15-7-4-12-21-15/h2-7,12,19H,8-11H2,1H3. The number of hydrogen-bond acceptors (Lipinski definition) is 4. The topological polar surface area (TPSA) is 32.7 Å². The first-order valence-corrected chi connectivity index (χ1v) is 8.27. The molecule has 110 valence electrons. The summed E-state index contributed by atoms with van der Waals surface area (Å²) in [6, 6.07) is 12.1. The Morgan fingerprint density at radius 3 is 2.48 bits per heavy atom. The van der Waals surface area contributed by atoms with Gasteiger partial charge in [0, 0.05) is 18.7 Å². The maximum atomic E-state index is 11.3. The number of piperidine rings is 1. The minimum atomic E-state index is -1.29. The lowest BCUT2D eigenvalue weighted by Gasteiger charge is -2.39. The highest BCUT2D eigenvalue weighted by atomic mass is 32.1. The number of rotatable bonds is 1. The fourth-order valence-electron chi connectivity index (χ4n) is 3.57. The number of hydrogen-bond donors (Lipinski definition) is 1. The summed E-state index contributed by atoms with van der Waals surface area (Å²) < 4.78 is 6.38. The van der Waals surface area contributed by atoms with Crippen molar-refractivity contribution in [2.24, 2.45) is 0 Å². The summed E-state index contributed by atoms with van der Waals surface area (Å²) in [4.78, 5) is 3.19. The highest BCUT2D eigenvalue weighted by Crippen LogP contribution is 2.53. The van der Waals surface area contributed by atoms with E-state index in [1.54, 1.807) is 11.3 Å². The molecular weight excluding hydrogens is 282 g/mol. The van der Waals surface area contributed by atoms with Gasteiger partial charge in [-0.3, -0.25) is 0 Å². The molecule has 1 aromatic carbocycles. The number of nitrogens with zero attached hydrogens (tertiary/aromatic N) is 1. The maximum absolute atomic E-state index is 11.3. The molecule has 0 amide bonds. The second-order valence-corrected chi connectivity index (χ2v) is 7.01. The van der Waals surface area contributed by atoms with Crippen molar-refractivity contribution in [2.75, 3.05) is 20.1 Å². The summed E-state index contributed by atoms with van der Waals surface area (Å²) in [6.45, 7) is 1.99. The summed E-state index contributed by atoms with van der Waals surface area (Å²) in [7, 11) is 2.14. The third-order valence-corrected chi connectivity index (χ3v) is 5.74. The Bertz CT molecular complexity index is 647. The average molecular weight is 301 g/mol. The first-order valence-electron chi connectivity index (χ1n) is 7.39. The minimum absolute atomic E-state index is 0.345. The SMILES string of the molecule is CN1CCC2(CC1)OC(O)(c1cccs1)c1ccccc12. The third kappa shape index (κ3) is 1.90. The van der Waals surface area contributed by atoms with Crippen molar-refractivity contribution in [1.29, 1.82) is 0 Å². The number of ether oxygens (including phenoxy) is 1. The minimum Gasteiger partial charge on any atom is -0.357 e. The number of fused-ring (bicyclic) bond motifs is 2. The van der Waals surface area contributed by atoms with Crippen LogP contribution in [0.1, 0.15) is 28.8 Å². The van der Waals surface area contributed by atoms with Crippen LogP contribution in [0.4, 0.5) is 0 Å². The van der Waals surface area contributed by atoms with Gasteiger partial charge in [-0.1, -0.05) is 30.3 Å². The molecule has 1 unspecified atom stereocenters. The van der Waals surface area contributed by atoms with Crippen LogP contribution < -0.4 is 0 Å². The molecule has 1 spiro atoms. The van der Waals surface area contributed by atoms with Crippen molar-refractivity contribution < 1.29 is 9.84 Å². The number of aliphatic hydroxyl groups is 1. The van der Waals surface area contributed by atoms with Gasteiger partial charge >= 0.3 is 0 Å². The van der Waals surface area contributed by atoms with Crippen LogP contribution in [-0.2, 0) is 16.1 Å². The molecule has 0 radical (unpaired) electrons. The highest BCUT2D eigenvalue weighted by molar-refractivity contribution is 7.10. The second kappa shape index (κ2) is 4.65. The van der Waals surface area contributed by atoms with E-state index in [0.717, 1.165) is 41.9 Å². The quantitative estimate of drug-likeness (QED) is 0.879. The predicted octanol–water partition coefficient (Wildman–Crippen LogP) is 2.89. The van der Waals surface area contributed by atoms with Crippen LogP contribution >= 0.6 is 11.3 Å². The zero-order chi connectivity index (χ0) is 14.5. The van der Waals surface area contributed by atoms with E-state index >= 15 is 0 Å². The van der Waals surface area contributed by atoms with Gasteiger partial charge in [-0.2, -0.15) is 0 Å². The number of benzene rings is 1. The Labute approximate surface area is 128 Å². The van der Waals surface area contributed by atoms with Crippen LogP contribution in [0, 0.1) is 0 Å². The molecule has 1 aromatic heterocycles. The molecule has 1 fully saturated rings. The Morgan fingerprint density at radius 1 is 1.10 bits per heavy atom. The van der Waals surface area contributed by atoms with E-state index in [9.17, 15) is 5.11 Å². The zero-order valence-corrected chi connectivity index (χ0v) is 12.9. The molecule has 4 rings (SSSR count).